The number of benzene rings is 1. The molecule has 1 aliphatic heterocycles. The number of aliphatic imine (C=N–C) groups is 1. The molecule has 7 nitrogen and oxygen atoms in total. The van der Waals surface area contributed by atoms with Crippen LogP contribution in [-0.4, -0.2) is 52.4 Å². The predicted octanol–water partition coefficient (Wildman–Crippen LogP) is 1.04. The zero-order valence-electron chi connectivity index (χ0n) is 14.7. The van der Waals surface area contributed by atoms with Gasteiger partial charge in [0.2, 0.25) is 10.0 Å². The molecule has 1 heterocycles. The highest BCUT2D eigenvalue weighted by Gasteiger charge is 2.23. The summed E-state index contributed by atoms with van der Waals surface area (Å²) in [7, 11) is -3.48. The third-order valence-corrected chi connectivity index (χ3v) is 4.67. The van der Waals surface area contributed by atoms with Gasteiger partial charge in [0.25, 0.3) is 0 Å². The number of halogens is 1. The minimum atomic E-state index is -3.48. The Morgan fingerprint density at radius 1 is 1.36 bits per heavy atom. The van der Waals surface area contributed by atoms with Gasteiger partial charge in [0.05, 0.1) is 12.3 Å². The standard InChI is InChI=1S/C16H27N5O2S.HI/c1-3-18-16(19-9-11-24(17,22)23)20-14-8-10-21(12-14)15-6-4-13(2)5-7-15;/h4-7,14H,3,8-12H2,1-2H3,(H2,17,22,23)(H2,18,19,20);1H. The summed E-state index contributed by atoms with van der Waals surface area (Å²) in [6.07, 6.45) is 1.01. The number of nitrogens with zero attached hydrogens (tertiary/aromatic N) is 2. The largest absolute Gasteiger partial charge is 0.369 e. The molecule has 1 saturated heterocycles. The smallest absolute Gasteiger partial charge is 0.210 e. The molecule has 142 valence electrons. The molecule has 1 fully saturated rings. The van der Waals surface area contributed by atoms with Gasteiger partial charge < -0.3 is 15.5 Å². The molecule has 1 aromatic carbocycles. The molecule has 1 aromatic rings. The van der Waals surface area contributed by atoms with Gasteiger partial charge in [-0.1, -0.05) is 17.7 Å². The topological polar surface area (TPSA) is 99.8 Å². The fraction of sp³-hybridized carbons (Fsp3) is 0.562. The molecule has 1 aliphatic rings. The predicted molar refractivity (Wildman–Crippen MR) is 114 cm³/mol. The third-order valence-electron chi connectivity index (χ3n) is 3.92. The number of rotatable bonds is 6. The Morgan fingerprint density at radius 3 is 2.64 bits per heavy atom. The number of nitrogens with one attached hydrogen (secondary N) is 2. The summed E-state index contributed by atoms with van der Waals surface area (Å²) >= 11 is 0. The first-order valence-electron chi connectivity index (χ1n) is 8.24. The van der Waals surface area contributed by atoms with E-state index in [9.17, 15) is 8.42 Å². The second kappa shape index (κ2) is 10.2. The van der Waals surface area contributed by atoms with Crippen molar-refractivity contribution >= 4 is 45.6 Å². The lowest BCUT2D eigenvalue weighted by molar-refractivity contribution is 0.597. The first-order chi connectivity index (χ1) is 11.4. The molecular formula is C16H28IN5O2S. The van der Waals surface area contributed by atoms with Gasteiger partial charge in [-0.25, -0.2) is 13.6 Å². The molecule has 0 radical (unpaired) electrons. The van der Waals surface area contributed by atoms with Crippen molar-refractivity contribution in [2.45, 2.75) is 26.3 Å². The Bertz CT molecular complexity index is 664. The van der Waals surface area contributed by atoms with E-state index in [1.807, 2.05) is 6.92 Å². The summed E-state index contributed by atoms with van der Waals surface area (Å²) < 4.78 is 22.0. The molecule has 0 spiro atoms. The molecule has 0 aromatic heterocycles. The Hall–Kier alpha value is -1.07. The highest BCUT2D eigenvalue weighted by atomic mass is 127. The highest BCUT2D eigenvalue weighted by molar-refractivity contribution is 14.0. The zero-order chi connectivity index (χ0) is 17.6. The maximum Gasteiger partial charge on any atom is 0.210 e. The van der Waals surface area contributed by atoms with Crippen molar-refractivity contribution in [3.8, 4) is 0 Å². The van der Waals surface area contributed by atoms with E-state index in [0.717, 1.165) is 26.1 Å². The first kappa shape index (κ1) is 22.0. The Labute approximate surface area is 167 Å². The van der Waals surface area contributed by atoms with Crippen LogP contribution in [0.1, 0.15) is 18.9 Å². The van der Waals surface area contributed by atoms with Gasteiger partial charge in [-0.05, 0) is 32.4 Å². The van der Waals surface area contributed by atoms with E-state index in [4.69, 9.17) is 5.14 Å². The van der Waals surface area contributed by atoms with Crippen molar-refractivity contribution in [3.63, 3.8) is 0 Å². The lowest BCUT2D eigenvalue weighted by Crippen LogP contribution is -2.44. The van der Waals surface area contributed by atoms with E-state index in [-0.39, 0.29) is 42.3 Å². The van der Waals surface area contributed by atoms with Crippen LogP contribution in [0.3, 0.4) is 0 Å². The maximum atomic E-state index is 11.0. The molecule has 1 unspecified atom stereocenters. The van der Waals surface area contributed by atoms with E-state index < -0.39 is 10.0 Å². The van der Waals surface area contributed by atoms with Crippen molar-refractivity contribution in [3.05, 3.63) is 29.8 Å². The van der Waals surface area contributed by atoms with Crippen molar-refractivity contribution in [1.82, 2.24) is 10.6 Å². The van der Waals surface area contributed by atoms with Crippen LogP contribution in [-0.2, 0) is 10.0 Å². The number of hydrogen-bond acceptors (Lipinski definition) is 4. The second-order valence-electron chi connectivity index (χ2n) is 6.04. The average Bonchev–Trinajstić information content (AvgIpc) is 2.95. The fourth-order valence-corrected chi connectivity index (χ4v) is 3.01. The van der Waals surface area contributed by atoms with E-state index >= 15 is 0 Å². The maximum absolute atomic E-state index is 11.0. The summed E-state index contributed by atoms with van der Waals surface area (Å²) in [5, 5.41) is 11.5. The van der Waals surface area contributed by atoms with Gasteiger partial charge in [-0.2, -0.15) is 0 Å². The zero-order valence-corrected chi connectivity index (χ0v) is 17.9. The summed E-state index contributed by atoms with van der Waals surface area (Å²) in [5.41, 5.74) is 2.48. The number of aryl methyl sites for hydroxylation is 1. The van der Waals surface area contributed by atoms with Gasteiger partial charge in [-0.15, -0.1) is 24.0 Å². The van der Waals surface area contributed by atoms with Crippen molar-refractivity contribution < 1.29 is 8.42 Å². The Balaban J connectivity index is 0.00000312. The van der Waals surface area contributed by atoms with Crippen molar-refractivity contribution in [1.29, 1.82) is 0 Å². The third kappa shape index (κ3) is 7.78. The van der Waals surface area contributed by atoms with Crippen LogP contribution in [0.4, 0.5) is 5.69 Å². The Kier molecular flexibility index (Phi) is 8.94. The quantitative estimate of drug-likeness (QED) is 0.320. The molecule has 4 N–H and O–H groups in total. The summed E-state index contributed by atoms with van der Waals surface area (Å²) in [6, 6.07) is 8.80. The van der Waals surface area contributed by atoms with Crippen LogP contribution < -0.4 is 20.7 Å². The van der Waals surface area contributed by atoms with Gasteiger partial charge in [0.15, 0.2) is 5.96 Å². The monoisotopic (exact) mass is 481 g/mol. The van der Waals surface area contributed by atoms with Crippen molar-refractivity contribution in [2.75, 3.05) is 36.8 Å². The molecule has 0 bridgehead atoms. The molecule has 25 heavy (non-hydrogen) atoms. The number of nitrogens with two attached hydrogens (primary N) is 1. The second-order valence-corrected chi connectivity index (χ2v) is 7.77. The molecule has 0 amide bonds. The molecule has 9 heteroatoms. The van der Waals surface area contributed by atoms with E-state index in [1.165, 1.54) is 11.3 Å². The number of hydrogen-bond donors (Lipinski definition) is 3. The molecular weight excluding hydrogens is 453 g/mol. The number of sulfonamides is 1. The van der Waals surface area contributed by atoms with Gasteiger partial charge in [0.1, 0.15) is 0 Å². The van der Waals surface area contributed by atoms with Crippen LogP contribution in [0.5, 0.6) is 0 Å². The van der Waals surface area contributed by atoms with Crippen LogP contribution in [0.2, 0.25) is 0 Å². The minimum absolute atomic E-state index is 0. The van der Waals surface area contributed by atoms with Gasteiger partial charge in [-0.3, -0.25) is 4.99 Å². The number of anilines is 1. The summed E-state index contributed by atoms with van der Waals surface area (Å²) in [5.74, 6) is 0.487. The number of guanidine groups is 1. The normalized spacial score (nSPS) is 18.0. The van der Waals surface area contributed by atoms with E-state index in [2.05, 4.69) is 51.7 Å². The SMILES string of the molecule is CCNC(=NCCS(N)(=O)=O)NC1CCN(c2ccc(C)cc2)C1.I. The first-order valence-corrected chi connectivity index (χ1v) is 9.96. The molecule has 0 aliphatic carbocycles. The fourth-order valence-electron chi connectivity index (χ4n) is 2.67. The molecule has 2 rings (SSSR count). The lowest BCUT2D eigenvalue weighted by atomic mass is 10.2. The van der Waals surface area contributed by atoms with Crippen LogP contribution in [0, 0.1) is 6.92 Å². The van der Waals surface area contributed by atoms with Crippen LogP contribution >= 0.6 is 24.0 Å². The van der Waals surface area contributed by atoms with Crippen LogP contribution in [0.25, 0.3) is 0 Å². The van der Waals surface area contributed by atoms with Crippen LogP contribution in [0.15, 0.2) is 29.3 Å². The molecule has 0 saturated carbocycles. The van der Waals surface area contributed by atoms with Crippen molar-refractivity contribution in [2.24, 2.45) is 10.1 Å². The molecule has 1 atom stereocenters. The average molecular weight is 481 g/mol. The minimum Gasteiger partial charge on any atom is -0.369 e. The lowest BCUT2D eigenvalue weighted by Gasteiger charge is -2.20. The van der Waals surface area contributed by atoms with E-state index in [1.54, 1.807) is 0 Å². The van der Waals surface area contributed by atoms with E-state index in [0.29, 0.717) is 5.96 Å². The van der Waals surface area contributed by atoms with Gasteiger partial charge >= 0.3 is 0 Å². The Morgan fingerprint density at radius 2 is 2.04 bits per heavy atom. The van der Waals surface area contributed by atoms with Gasteiger partial charge in [0, 0.05) is 31.4 Å². The number of primary sulfonamides is 1. The highest BCUT2D eigenvalue weighted by Crippen LogP contribution is 2.20. The summed E-state index contributed by atoms with van der Waals surface area (Å²) in [6.45, 7) is 6.81. The summed E-state index contributed by atoms with van der Waals surface area (Å²) in [4.78, 5) is 6.63.